The van der Waals surface area contributed by atoms with Gasteiger partial charge in [0.05, 0.1) is 0 Å². The first-order valence-electron chi connectivity index (χ1n) is 7.32. The molecule has 1 aliphatic rings. The minimum atomic E-state index is 0.178. The number of thiophene rings is 1. The summed E-state index contributed by atoms with van der Waals surface area (Å²) in [5.74, 6) is 0.657. The molecule has 0 aliphatic heterocycles. The highest BCUT2D eigenvalue weighted by Gasteiger charge is 2.45. The largest absolute Gasteiger partial charge is 0.329 e. The molecule has 1 saturated carbocycles. The average molecular weight is 280 g/mol. The van der Waals surface area contributed by atoms with E-state index in [1.165, 1.54) is 24.8 Å². The van der Waals surface area contributed by atoms with Gasteiger partial charge in [-0.05, 0) is 60.0 Å². The molecule has 0 saturated heterocycles. The normalized spacial score (nSPS) is 30.7. The molecule has 2 rings (SSSR count). The van der Waals surface area contributed by atoms with Crippen LogP contribution >= 0.6 is 11.3 Å². The zero-order valence-electron chi connectivity index (χ0n) is 12.8. The second-order valence-electron chi connectivity index (χ2n) is 7.06. The predicted molar refractivity (Wildman–Crippen MR) is 84.4 cm³/mol. The SMILES string of the molecule is CC1CC(C)(C)CCC1(CN)N(C)Cc1ccsc1. The second kappa shape index (κ2) is 5.55. The van der Waals surface area contributed by atoms with Crippen LogP contribution in [0.25, 0.3) is 0 Å². The van der Waals surface area contributed by atoms with Crippen molar-refractivity contribution in [3.63, 3.8) is 0 Å². The maximum absolute atomic E-state index is 6.21. The molecule has 108 valence electrons. The lowest BCUT2D eigenvalue weighted by molar-refractivity contribution is -0.0116. The van der Waals surface area contributed by atoms with Crippen LogP contribution in [0.15, 0.2) is 16.8 Å². The summed E-state index contributed by atoms with van der Waals surface area (Å²) >= 11 is 1.78. The Labute approximate surface area is 122 Å². The molecule has 0 aromatic carbocycles. The van der Waals surface area contributed by atoms with Crippen LogP contribution in [0.1, 0.15) is 45.6 Å². The van der Waals surface area contributed by atoms with E-state index in [1.807, 2.05) is 0 Å². The number of hydrogen-bond donors (Lipinski definition) is 1. The number of nitrogens with zero attached hydrogens (tertiary/aromatic N) is 1. The summed E-state index contributed by atoms with van der Waals surface area (Å²) in [5.41, 5.74) is 8.27. The molecule has 2 N–H and O–H groups in total. The van der Waals surface area contributed by atoms with Gasteiger partial charge in [0.15, 0.2) is 0 Å². The third-order valence-electron chi connectivity index (χ3n) is 5.12. The highest BCUT2D eigenvalue weighted by molar-refractivity contribution is 7.07. The fourth-order valence-electron chi connectivity index (χ4n) is 3.76. The van der Waals surface area contributed by atoms with Gasteiger partial charge in [0.25, 0.3) is 0 Å². The molecule has 0 amide bonds. The average Bonchev–Trinajstić information content (AvgIpc) is 2.81. The first-order chi connectivity index (χ1) is 8.89. The van der Waals surface area contributed by atoms with Gasteiger partial charge in [-0.2, -0.15) is 11.3 Å². The molecule has 2 atom stereocenters. The van der Waals surface area contributed by atoms with E-state index < -0.39 is 0 Å². The topological polar surface area (TPSA) is 29.3 Å². The van der Waals surface area contributed by atoms with Gasteiger partial charge < -0.3 is 5.73 Å². The number of hydrogen-bond acceptors (Lipinski definition) is 3. The molecule has 0 spiro atoms. The van der Waals surface area contributed by atoms with Crippen LogP contribution < -0.4 is 5.73 Å². The summed E-state index contributed by atoms with van der Waals surface area (Å²) in [6, 6.07) is 2.23. The molecule has 0 radical (unpaired) electrons. The molecule has 1 aromatic heterocycles. The van der Waals surface area contributed by atoms with Gasteiger partial charge in [0.2, 0.25) is 0 Å². The molecule has 1 aromatic rings. The minimum Gasteiger partial charge on any atom is -0.329 e. The van der Waals surface area contributed by atoms with Crippen LogP contribution in [-0.2, 0) is 6.54 Å². The molecule has 2 nitrogen and oxygen atoms in total. The van der Waals surface area contributed by atoms with Crippen LogP contribution in [0.4, 0.5) is 0 Å². The Morgan fingerprint density at radius 2 is 2.16 bits per heavy atom. The zero-order valence-corrected chi connectivity index (χ0v) is 13.6. The van der Waals surface area contributed by atoms with E-state index in [9.17, 15) is 0 Å². The smallest absolute Gasteiger partial charge is 0.0358 e. The van der Waals surface area contributed by atoms with Gasteiger partial charge in [-0.25, -0.2) is 0 Å². The van der Waals surface area contributed by atoms with E-state index in [2.05, 4.69) is 49.5 Å². The number of likely N-dealkylation sites (N-methyl/N-ethyl adjacent to an activating group) is 1. The summed E-state index contributed by atoms with van der Waals surface area (Å²) < 4.78 is 0. The van der Waals surface area contributed by atoms with Crippen molar-refractivity contribution in [1.29, 1.82) is 0 Å². The van der Waals surface area contributed by atoms with E-state index in [0.717, 1.165) is 13.1 Å². The summed E-state index contributed by atoms with van der Waals surface area (Å²) in [4.78, 5) is 2.51. The van der Waals surface area contributed by atoms with Crippen molar-refractivity contribution in [1.82, 2.24) is 4.90 Å². The highest BCUT2D eigenvalue weighted by Crippen LogP contribution is 2.46. The molecule has 2 unspecified atom stereocenters. The van der Waals surface area contributed by atoms with Gasteiger partial charge >= 0.3 is 0 Å². The Hall–Kier alpha value is -0.380. The molecule has 19 heavy (non-hydrogen) atoms. The van der Waals surface area contributed by atoms with Gasteiger partial charge in [-0.1, -0.05) is 20.8 Å². The zero-order chi connectivity index (χ0) is 14.1. The van der Waals surface area contributed by atoms with Crippen molar-refractivity contribution in [2.45, 2.75) is 52.1 Å². The highest BCUT2D eigenvalue weighted by atomic mass is 32.1. The third kappa shape index (κ3) is 3.04. The summed E-state index contributed by atoms with van der Waals surface area (Å²) in [6.45, 7) is 8.96. The van der Waals surface area contributed by atoms with Crippen LogP contribution in [0.2, 0.25) is 0 Å². The lowest BCUT2D eigenvalue weighted by Crippen LogP contribution is -2.59. The Balaban J connectivity index is 2.13. The van der Waals surface area contributed by atoms with E-state index in [-0.39, 0.29) is 5.54 Å². The molecular formula is C16H28N2S. The van der Waals surface area contributed by atoms with Crippen molar-refractivity contribution < 1.29 is 0 Å². The molecule has 1 fully saturated rings. The predicted octanol–water partition coefficient (Wildman–Crippen LogP) is 3.72. The quantitative estimate of drug-likeness (QED) is 0.910. The van der Waals surface area contributed by atoms with Gasteiger partial charge in [-0.3, -0.25) is 4.90 Å². The Morgan fingerprint density at radius 1 is 1.42 bits per heavy atom. The third-order valence-corrected chi connectivity index (χ3v) is 5.86. The van der Waals surface area contributed by atoms with Gasteiger partial charge in [-0.15, -0.1) is 0 Å². The molecule has 3 heteroatoms. The molecular weight excluding hydrogens is 252 g/mol. The van der Waals surface area contributed by atoms with Crippen LogP contribution in [-0.4, -0.2) is 24.0 Å². The van der Waals surface area contributed by atoms with Crippen molar-refractivity contribution >= 4 is 11.3 Å². The van der Waals surface area contributed by atoms with E-state index in [0.29, 0.717) is 11.3 Å². The van der Waals surface area contributed by atoms with Crippen molar-refractivity contribution in [3.8, 4) is 0 Å². The van der Waals surface area contributed by atoms with Crippen LogP contribution in [0, 0.1) is 11.3 Å². The first kappa shape index (κ1) is 15.0. The minimum absolute atomic E-state index is 0.178. The monoisotopic (exact) mass is 280 g/mol. The van der Waals surface area contributed by atoms with E-state index in [4.69, 9.17) is 5.73 Å². The number of nitrogens with two attached hydrogens (primary N) is 1. The fourth-order valence-corrected chi connectivity index (χ4v) is 4.42. The summed E-state index contributed by atoms with van der Waals surface area (Å²) in [7, 11) is 2.25. The molecule has 0 bridgehead atoms. The van der Waals surface area contributed by atoms with E-state index >= 15 is 0 Å². The van der Waals surface area contributed by atoms with Crippen molar-refractivity contribution in [3.05, 3.63) is 22.4 Å². The van der Waals surface area contributed by atoms with Gasteiger partial charge in [0.1, 0.15) is 0 Å². The van der Waals surface area contributed by atoms with Crippen molar-refractivity contribution in [2.75, 3.05) is 13.6 Å². The molecule has 1 heterocycles. The Bertz CT molecular complexity index is 399. The standard InChI is InChI=1S/C16H28N2S/c1-13-9-15(2,3)6-7-16(13,12-17)18(4)10-14-5-8-19-11-14/h5,8,11,13H,6-7,9-10,12,17H2,1-4H3. The first-order valence-corrected chi connectivity index (χ1v) is 8.26. The lowest BCUT2D eigenvalue weighted by atomic mass is 9.63. The van der Waals surface area contributed by atoms with Crippen molar-refractivity contribution in [2.24, 2.45) is 17.1 Å². The van der Waals surface area contributed by atoms with Gasteiger partial charge in [0, 0.05) is 18.6 Å². The Kier molecular flexibility index (Phi) is 4.38. The van der Waals surface area contributed by atoms with Crippen LogP contribution in [0.3, 0.4) is 0 Å². The summed E-state index contributed by atoms with van der Waals surface area (Å²) in [5, 5.41) is 4.41. The number of rotatable bonds is 4. The Morgan fingerprint density at radius 3 is 2.68 bits per heavy atom. The molecule has 1 aliphatic carbocycles. The maximum atomic E-state index is 6.21. The maximum Gasteiger partial charge on any atom is 0.0358 e. The second-order valence-corrected chi connectivity index (χ2v) is 7.84. The van der Waals surface area contributed by atoms with Crippen LogP contribution in [0.5, 0.6) is 0 Å². The van der Waals surface area contributed by atoms with E-state index in [1.54, 1.807) is 11.3 Å². The summed E-state index contributed by atoms with van der Waals surface area (Å²) in [6.07, 6.45) is 3.78. The lowest BCUT2D eigenvalue weighted by Gasteiger charge is -2.52. The fraction of sp³-hybridized carbons (Fsp3) is 0.750.